The lowest BCUT2D eigenvalue weighted by Gasteiger charge is -2.30. The fourth-order valence-electron chi connectivity index (χ4n) is 3.47. The van der Waals surface area contributed by atoms with Crippen LogP contribution in [0.4, 0.5) is 5.69 Å². The molecule has 1 saturated heterocycles. The van der Waals surface area contributed by atoms with Crippen molar-refractivity contribution in [3.63, 3.8) is 0 Å². The van der Waals surface area contributed by atoms with E-state index in [0.29, 0.717) is 13.1 Å². The Kier molecular flexibility index (Phi) is 4.72. The van der Waals surface area contributed by atoms with Crippen LogP contribution in [-0.2, 0) is 16.1 Å². The number of thioether (sulfide) groups is 1. The minimum Gasteiger partial charge on any atom is -0.343 e. The highest BCUT2D eigenvalue weighted by Crippen LogP contribution is 2.29. The van der Waals surface area contributed by atoms with Gasteiger partial charge in [-0.2, -0.15) is 0 Å². The molecule has 0 spiro atoms. The second-order valence-corrected chi connectivity index (χ2v) is 7.86. The van der Waals surface area contributed by atoms with Gasteiger partial charge in [-0.15, -0.1) is 0 Å². The largest absolute Gasteiger partial charge is 0.343 e. The lowest BCUT2D eigenvalue weighted by molar-refractivity contribution is -0.132. The van der Waals surface area contributed by atoms with Gasteiger partial charge in [-0.25, -0.2) is 4.98 Å². The quantitative estimate of drug-likeness (QED) is 0.902. The molecule has 1 N–H and O–H groups in total. The van der Waals surface area contributed by atoms with Crippen molar-refractivity contribution in [2.45, 2.75) is 31.5 Å². The van der Waals surface area contributed by atoms with Crippen LogP contribution in [0.3, 0.4) is 0 Å². The standard InChI is InChI=1S/C19H22N4O2S/c1-13(24)22-8-6-15(7-9-22)18(25)20-16-4-2-14(3-5-16)17-12-23-10-11-26-19(23)21-17/h2-5,12,15H,6-11H2,1H3,(H,20,25). The maximum atomic E-state index is 12.5. The Labute approximate surface area is 157 Å². The highest BCUT2D eigenvalue weighted by molar-refractivity contribution is 7.99. The SMILES string of the molecule is CC(=O)N1CCC(C(=O)Nc2ccc(-c3cn4c(n3)SCC4)cc2)CC1. The number of carbonyl (C=O) groups is 2. The maximum absolute atomic E-state index is 12.5. The van der Waals surface area contributed by atoms with Gasteiger partial charge >= 0.3 is 0 Å². The van der Waals surface area contributed by atoms with E-state index < -0.39 is 0 Å². The van der Waals surface area contributed by atoms with Crippen molar-refractivity contribution in [3.8, 4) is 11.3 Å². The number of aromatic nitrogens is 2. The number of nitrogens with one attached hydrogen (secondary N) is 1. The summed E-state index contributed by atoms with van der Waals surface area (Å²) in [6.07, 6.45) is 3.54. The van der Waals surface area contributed by atoms with Gasteiger partial charge < -0.3 is 14.8 Å². The van der Waals surface area contributed by atoms with Gasteiger partial charge in [0.15, 0.2) is 5.16 Å². The van der Waals surface area contributed by atoms with Gasteiger partial charge in [-0.1, -0.05) is 23.9 Å². The van der Waals surface area contributed by atoms with Crippen molar-refractivity contribution >= 4 is 29.3 Å². The van der Waals surface area contributed by atoms with Gasteiger partial charge in [0.05, 0.1) is 5.69 Å². The summed E-state index contributed by atoms with van der Waals surface area (Å²) < 4.78 is 2.18. The second kappa shape index (κ2) is 7.15. The molecule has 7 heteroatoms. The molecule has 0 atom stereocenters. The van der Waals surface area contributed by atoms with Crippen molar-refractivity contribution < 1.29 is 9.59 Å². The van der Waals surface area contributed by atoms with E-state index in [1.807, 2.05) is 24.3 Å². The highest BCUT2D eigenvalue weighted by atomic mass is 32.2. The smallest absolute Gasteiger partial charge is 0.227 e. The Morgan fingerprint density at radius 2 is 1.88 bits per heavy atom. The minimum atomic E-state index is -0.0292. The molecule has 0 unspecified atom stereocenters. The Hall–Kier alpha value is -2.28. The van der Waals surface area contributed by atoms with Crippen molar-refractivity contribution in [3.05, 3.63) is 30.5 Å². The fraction of sp³-hybridized carbons (Fsp3) is 0.421. The number of carbonyl (C=O) groups excluding carboxylic acids is 2. The highest BCUT2D eigenvalue weighted by Gasteiger charge is 2.26. The first-order valence-corrected chi connectivity index (χ1v) is 9.95. The molecule has 0 bridgehead atoms. The molecule has 2 aliphatic heterocycles. The molecule has 0 radical (unpaired) electrons. The zero-order valence-corrected chi connectivity index (χ0v) is 15.6. The van der Waals surface area contributed by atoms with Crippen LogP contribution >= 0.6 is 11.8 Å². The van der Waals surface area contributed by atoms with Crippen LogP contribution in [0.25, 0.3) is 11.3 Å². The summed E-state index contributed by atoms with van der Waals surface area (Å²) in [7, 11) is 0. The molecule has 26 heavy (non-hydrogen) atoms. The number of anilines is 1. The van der Waals surface area contributed by atoms with Crippen LogP contribution in [0.2, 0.25) is 0 Å². The fourth-order valence-corrected chi connectivity index (χ4v) is 4.42. The van der Waals surface area contributed by atoms with Crippen LogP contribution < -0.4 is 5.32 Å². The topological polar surface area (TPSA) is 67.2 Å². The van der Waals surface area contributed by atoms with E-state index in [4.69, 9.17) is 0 Å². The first-order chi connectivity index (χ1) is 12.6. The van der Waals surface area contributed by atoms with E-state index in [9.17, 15) is 9.59 Å². The van der Waals surface area contributed by atoms with Crippen molar-refractivity contribution in [1.82, 2.24) is 14.5 Å². The minimum absolute atomic E-state index is 0.0292. The average Bonchev–Trinajstić information content (AvgIpc) is 3.24. The van der Waals surface area contributed by atoms with Crippen LogP contribution in [0.5, 0.6) is 0 Å². The molecule has 4 rings (SSSR count). The molecular formula is C19H22N4O2S. The predicted octanol–water partition coefficient (Wildman–Crippen LogP) is 2.85. The molecule has 2 aromatic rings. The number of imidazole rings is 1. The van der Waals surface area contributed by atoms with Crippen molar-refractivity contribution in [1.29, 1.82) is 0 Å². The number of rotatable bonds is 3. The van der Waals surface area contributed by atoms with Crippen molar-refractivity contribution in [2.24, 2.45) is 5.92 Å². The molecular weight excluding hydrogens is 348 g/mol. The third kappa shape index (κ3) is 3.49. The molecule has 2 amide bonds. The molecule has 1 aromatic carbocycles. The van der Waals surface area contributed by atoms with Gasteiger partial charge in [0, 0.05) is 55.7 Å². The number of hydrogen-bond acceptors (Lipinski definition) is 4. The van der Waals surface area contributed by atoms with E-state index in [1.165, 1.54) is 0 Å². The third-order valence-electron chi connectivity index (χ3n) is 5.06. The zero-order valence-electron chi connectivity index (χ0n) is 14.8. The molecule has 1 fully saturated rings. The number of nitrogens with zero attached hydrogens (tertiary/aromatic N) is 3. The lowest BCUT2D eigenvalue weighted by Crippen LogP contribution is -2.40. The van der Waals surface area contributed by atoms with E-state index in [2.05, 4.69) is 21.1 Å². The maximum Gasteiger partial charge on any atom is 0.227 e. The van der Waals surface area contributed by atoms with Crippen LogP contribution in [-0.4, -0.2) is 45.1 Å². The number of piperidine rings is 1. The number of likely N-dealkylation sites (tertiary alicyclic amines) is 1. The Bertz CT molecular complexity index is 801. The first kappa shape index (κ1) is 17.1. The summed E-state index contributed by atoms with van der Waals surface area (Å²) in [6.45, 7) is 3.92. The van der Waals surface area contributed by atoms with Gasteiger partial charge in [-0.05, 0) is 25.0 Å². The summed E-state index contributed by atoms with van der Waals surface area (Å²) in [5.41, 5.74) is 2.83. The van der Waals surface area contributed by atoms with Gasteiger partial charge in [-0.3, -0.25) is 9.59 Å². The normalized spacial score (nSPS) is 17.2. The number of hydrogen-bond donors (Lipinski definition) is 1. The third-order valence-corrected chi connectivity index (χ3v) is 6.03. The van der Waals surface area contributed by atoms with Crippen molar-refractivity contribution in [2.75, 3.05) is 24.2 Å². The number of fused-ring (bicyclic) bond motifs is 1. The molecule has 6 nitrogen and oxygen atoms in total. The number of aryl methyl sites for hydroxylation is 1. The van der Waals surface area contributed by atoms with E-state index in [1.54, 1.807) is 23.6 Å². The molecule has 0 aliphatic carbocycles. The van der Waals surface area contributed by atoms with Gasteiger partial charge in [0.1, 0.15) is 0 Å². The van der Waals surface area contributed by atoms with Gasteiger partial charge in [0.25, 0.3) is 0 Å². The zero-order chi connectivity index (χ0) is 18.1. The van der Waals surface area contributed by atoms with E-state index in [0.717, 1.165) is 47.2 Å². The Morgan fingerprint density at radius 3 is 2.54 bits per heavy atom. The average molecular weight is 370 g/mol. The molecule has 2 aliphatic rings. The summed E-state index contributed by atoms with van der Waals surface area (Å²) >= 11 is 1.78. The molecule has 1 aromatic heterocycles. The summed E-state index contributed by atoms with van der Waals surface area (Å²) in [5.74, 6) is 1.19. The number of amides is 2. The Morgan fingerprint density at radius 1 is 1.15 bits per heavy atom. The molecule has 3 heterocycles. The second-order valence-electron chi connectivity index (χ2n) is 6.80. The van der Waals surface area contributed by atoms with Gasteiger partial charge in [0.2, 0.25) is 11.8 Å². The number of benzene rings is 1. The summed E-state index contributed by atoms with van der Waals surface area (Å²) in [4.78, 5) is 30.3. The summed E-state index contributed by atoms with van der Waals surface area (Å²) in [5, 5.41) is 4.08. The first-order valence-electron chi connectivity index (χ1n) is 8.97. The van der Waals surface area contributed by atoms with E-state index >= 15 is 0 Å². The lowest BCUT2D eigenvalue weighted by atomic mass is 9.95. The van der Waals surface area contributed by atoms with Crippen LogP contribution in [0.15, 0.2) is 35.6 Å². The molecule has 136 valence electrons. The van der Waals surface area contributed by atoms with Crippen LogP contribution in [0.1, 0.15) is 19.8 Å². The van der Waals surface area contributed by atoms with Crippen LogP contribution in [0, 0.1) is 5.92 Å². The summed E-state index contributed by atoms with van der Waals surface area (Å²) in [6, 6.07) is 7.85. The Balaban J connectivity index is 1.36. The molecule has 0 saturated carbocycles. The monoisotopic (exact) mass is 370 g/mol. The predicted molar refractivity (Wildman–Crippen MR) is 102 cm³/mol. The van der Waals surface area contributed by atoms with E-state index in [-0.39, 0.29) is 17.7 Å².